The quantitative estimate of drug-likeness (QED) is 0.141. The maximum absolute atomic E-state index is 4.60. The summed E-state index contributed by atoms with van der Waals surface area (Å²) in [5, 5.41) is 2.99. The third-order valence-electron chi connectivity index (χ3n) is 8.30. The fraction of sp³-hybridized carbons (Fsp3) is 0. The van der Waals surface area contributed by atoms with Crippen molar-refractivity contribution in [1.82, 2.24) is 4.98 Å². The predicted molar refractivity (Wildman–Crippen MR) is 175 cm³/mol. The summed E-state index contributed by atoms with van der Waals surface area (Å²) >= 11 is 1.64. The van der Waals surface area contributed by atoms with Gasteiger partial charge in [0.15, 0.2) is 0 Å². The number of nitrogens with zero attached hydrogens (tertiary/aromatic N) is 4. The van der Waals surface area contributed by atoms with E-state index >= 15 is 0 Å². The summed E-state index contributed by atoms with van der Waals surface area (Å²) in [7, 11) is 0. The average molecular weight is 749 g/mol. The van der Waals surface area contributed by atoms with Gasteiger partial charge in [-0.1, -0.05) is 106 Å². The van der Waals surface area contributed by atoms with E-state index in [0.29, 0.717) is 0 Å². The third-order valence-corrected chi connectivity index (χ3v) is 9.10. The molecule has 0 N–H and O–H groups in total. The van der Waals surface area contributed by atoms with E-state index in [9.17, 15) is 0 Å². The summed E-state index contributed by atoms with van der Waals surface area (Å²) in [6.07, 6.45) is 6.03. The zero-order valence-corrected chi connectivity index (χ0v) is 25.9. The molecule has 3 aliphatic rings. The van der Waals surface area contributed by atoms with Crippen molar-refractivity contribution in [2.75, 3.05) is 14.6 Å². The molecule has 0 saturated carbocycles. The molecule has 208 valence electrons. The fourth-order valence-corrected chi connectivity index (χ4v) is 7.05. The molecule has 0 atom stereocenters. The Morgan fingerprint density at radius 1 is 0.651 bits per heavy atom. The molecule has 0 spiro atoms. The van der Waals surface area contributed by atoms with Crippen LogP contribution >= 0.6 is 11.3 Å². The minimum absolute atomic E-state index is 0. The molecular weight excluding hydrogens is 726 g/mol. The number of hydrogen-bond donors (Lipinski definition) is 0. The molecule has 0 saturated heterocycles. The number of rotatable bonds is 3. The van der Waals surface area contributed by atoms with Crippen molar-refractivity contribution in [3.05, 3.63) is 146 Å². The Kier molecular flexibility index (Phi) is 6.36. The number of benzene rings is 5. The molecule has 0 radical (unpaired) electrons. The average Bonchev–Trinajstić information content (AvgIpc) is 3.78. The second-order valence-corrected chi connectivity index (χ2v) is 11.5. The van der Waals surface area contributed by atoms with Gasteiger partial charge < -0.3 is 14.6 Å². The van der Waals surface area contributed by atoms with Gasteiger partial charge in [-0.2, -0.15) is 17.4 Å². The van der Waals surface area contributed by atoms with Gasteiger partial charge in [0.1, 0.15) is 0 Å². The van der Waals surface area contributed by atoms with Gasteiger partial charge in [0.2, 0.25) is 0 Å². The van der Waals surface area contributed by atoms with Gasteiger partial charge >= 0.3 is 6.85 Å². The summed E-state index contributed by atoms with van der Waals surface area (Å²) in [6.45, 7) is 2.11. The minimum atomic E-state index is 0. The molecule has 0 aliphatic carbocycles. The van der Waals surface area contributed by atoms with Crippen molar-refractivity contribution >= 4 is 51.9 Å². The number of aromatic nitrogens is 1. The van der Waals surface area contributed by atoms with Crippen LogP contribution in [0.15, 0.2) is 127 Å². The van der Waals surface area contributed by atoms with Crippen LogP contribution in [0.5, 0.6) is 0 Å². The second kappa shape index (κ2) is 10.4. The Morgan fingerprint density at radius 3 is 2.02 bits per heavy atom. The Balaban J connectivity index is 0.00000278. The van der Waals surface area contributed by atoms with Crippen LogP contribution in [-0.4, -0.2) is 11.8 Å². The Hall–Kier alpha value is -4.38. The maximum Gasteiger partial charge on any atom is 0.324 e. The summed E-state index contributed by atoms with van der Waals surface area (Å²) in [5.74, 6) is 0. The monoisotopic (exact) mass is 748 g/mol. The first-order chi connectivity index (χ1) is 20.8. The number of para-hydroxylation sites is 1. The Labute approximate surface area is 269 Å². The van der Waals surface area contributed by atoms with Crippen molar-refractivity contribution in [3.63, 3.8) is 0 Å². The van der Waals surface area contributed by atoms with E-state index in [2.05, 4.69) is 148 Å². The minimum Gasteiger partial charge on any atom is -0.500 e. The molecule has 3 aliphatic heterocycles. The summed E-state index contributed by atoms with van der Waals surface area (Å²) in [5.41, 5.74) is 12.7. The van der Waals surface area contributed by atoms with Gasteiger partial charge in [0.25, 0.3) is 0 Å². The molecule has 5 aromatic carbocycles. The largest absolute Gasteiger partial charge is 0.500 e. The standard InChI is InChI=1S/C36H22BN4S.Pt/c1-2-8-26(9-3-1)39-19-20-40(24-39)27-15-17-31-29-11-5-7-13-33(29)37-32-12-6-4-10-28(32)30-16-14-25(36-38-18-21-42-36)22-34(30)41(37)35(31)23-27;/h1-21,24H;/q-3;. The van der Waals surface area contributed by atoms with Crippen molar-refractivity contribution in [2.45, 2.75) is 0 Å². The number of anilines is 4. The second-order valence-electron chi connectivity index (χ2n) is 10.6. The van der Waals surface area contributed by atoms with Crippen LogP contribution in [0, 0.1) is 18.8 Å². The predicted octanol–water partition coefficient (Wildman–Crippen LogP) is 7.23. The van der Waals surface area contributed by atoms with E-state index in [4.69, 9.17) is 0 Å². The molecule has 4 heterocycles. The van der Waals surface area contributed by atoms with E-state index < -0.39 is 0 Å². The molecule has 7 heteroatoms. The van der Waals surface area contributed by atoms with Gasteiger partial charge in [-0.3, -0.25) is 4.98 Å². The summed E-state index contributed by atoms with van der Waals surface area (Å²) in [4.78, 5) is 11.3. The van der Waals surface area contributed by atoms with Gasteiger partial charge in [-0.25, -0.2) is 0 Å². The van der Waals surface area contributed by atoms with Crippen LogP contribution in [0.2, 0.25) is 0 Å². The van der Waals surface area contributed by atoms with E-state index in [1.165, 1.54) is 33.2 Å². The molecule has 0 amide bonds. The zero-order valence-electron chi connectivity index (χ0n) is 22.8. The fourth-order valence-electron chi connectivity index (χ4n) is 6.43. The maximum atomic E-state index is 4.60. The normalized spacial score (nSPS) is 14.0. The van der Waals surface area contributed by atoms with E-state index in [1.807, 2.05) is 17.6 Å². The molecular formula is C36H22BN4PtS-3. The van der Waals surface area contributed by atoms with Gasteiger partial charge in [0, 0.05) is 43.3 Å². The smallest absolute Gasteiger partial charge is 0.324 e. The molecule has 6 aromatic rings. The Bertz CT molecular complexity index is 2010. The van der Waals surface area contributed by atoms with E-state index in [1.54, 1.807) is 11.3 Å². The van der Waals surface area contributed by atoms with Gasteiger partial charge in [-0.05, 0) is 24.5 Å². The first kappa shape index (κ1) is 26.3. The van der Waals surface area contributed by atoms with Crippen LogP contribution < -0.4 is 25.5 Å². The molecule has 4 nitrogen and oxygen atoms in total. The molecule has 43 heavy (non-hydrogen) atoms. The van der Waals surface area contributed by atoms with Crippen LogP contribution in [0.3, 0.4) is 0 Å². The van der Waals surface area contributed by atoms with Crippen LogP contribution in [0.1, 0.15) is 0 Å². The molecule has 9 rings (SSSR count). The van der Waals surface area contributed by atoms with Crippen molar-refractivity contribution in [2.24, 2.45) is 0 Å². The van der Waals surface area contributed by atoms with Gasteiger partial charge in [0.05, 0.1) is 0 Å². The van der Waals surface area contributed by atoms with E-state index in [0.717, 1.165) is 33.3 Å². The molecule has 0 fully saturated rings. The molecule has 0 unspecified atom stereocenters. The molecule has 1 aromatic heterocycles. The topological polar surface area (TPSA) is 22.6 Å². The Morgan fingerprint density at radius 2 is 1.30 bits per heavy atom. The van der Waals surface area contributed by atoms with Crippen molar-refractivity contribution in [1.29, 1.82) is 0 Å². The zero-order chi connectivity index (χ0) is 27.6. The SMILES string of the molecule is [Pt].[c-]1c(-c2nccs2)ccc2c1N1B(c3ccccc3-2)c2ccccc2-c2ccc(N3C=CN(c4ccccc4)[CH-]3)[c-]c21. The summed E-state index contributed by atoms with van der Waals surface area (Å²) < 4.78 is 0. The van der Waals surface area contributed by atoms with Crippen molar-refractivity contribution in [3.8, 4) is 32.8 Å². The first-order valence-electron chi connectivity index (χ1n) is 14.0. The number of fused-ring (bicyclic) bond motifs is 11. The first-order valence-corrected chi connectivity index (χ1v) is 14.9. The number of thiazole rings is 1. The van der Waals surface area contributed by atoms with Crippen LogP contribution in [0.4, 0.5) is 22.7 Å². The number of hydrogen-bond acceptors (Lipinski definition) is 5. The van der Waals surface area contributed by atoms with E-state index in [-0.39, 0.29) is 27.9 Å². The summed E-state index contributed by atoms with van der Waals surface area (Å²) in [6, 6.07) is 44.4. The van der Waals surface area contributed by atoms with Gasteiger partial charge in [-0.15, -0.1) is 53.8 Å². The van der Waals surface area contributed by atoms with Crippen LogP contribution in [-0.2, 0) is 21.1 Å². The molecule has 0 bridgehead atoms. The van der Waals surface area contributed by atoms with Crippen LogP contribution in [0.25, 0.3) is 32.8 Å². The third kappa shape index (κ3) is 4.12. The van der Waals surface area contributed by atoms with Crippen molar-refractivity contribution < 1.29 is 21.1 Å².